The smallest absolute Gasteiger partial charge is 0.221 e. The number of primary amides is 1. The van der Waals surface area contributed by atoms with E-state index >= 15 is 0 Å². The Morgan fingerprint density at radius 2 is 2.40 bits per heavy atom. The molecule has 0 saturated heterocycles. The molecule has 0 radical (unpaired) electrons. The summed E-state index contributed by atoms with van der Waals surface area (Å²) in [6.45, 7) is 0. The highest BCUT2D eigenvalue weighted by molar-refractivity contribution is 7.78. The van der Waals surface area contributed by atoms with Crippen molar-refractivity contribution in [2.24, 2.45) is 10.7 Å². The molecule has 0 aliphatic carbocycles. The Kier molecular flexibility index (Phi) is 4.41. The molecule has 0 aliphatic heterocycles. The first-order chi connectivity index (χ1) is 7.22. The van der Waals surface area contributed by atoms with Crippen molar-refractivity contribution < 1.29 is 4.79 Å². The Labute approximate surface area is 93.3 Å². The van der Waals surface area contributed by atoms with Gasteiger partial charge in [-0.3, -0.25) is 4.79 Å². The molecule has 3 nitrogen and oxygen atoms in total. The van der Waals surface area contributed by atoms with Crippen molar-refractivity contribution in [3.8, 4) is 0 Å². The highest BCUT2D eigenvalue weighted by Crippen LogP contribution is 2.14. The van der Waals surface area contributed by atoms with Crippen LogP contribution in [0.1, 0.15) is 12.0 Å². The number of nitrogens with zero attached hydrogens (tertiary/aromatic N) is 1. The molecule has 0 unspecified atom stereocenters. The van der Waals surface area contributed by atoms with Crippen LogP contribution in [0.3, 0.4) is 0 Å². The predicted octanol–water partition coefficient (Wildman–Crippen LogP) is 2.31. The summed E-state index contributed by atoms with van der Waals surface area (Å²) in [5.41, 5.74) is 6.69. The number of hydrogen-bond acceptors (Lipinski definition) is 3. The van der Waals surface area contributed by atoms with Gasteiger partial charge in [-0.2, -0.15) is 4.99 Å². The minimum atomic E-state index is -0.348. The molecule has 0 spiro atoms. The van der Waals surface area contributed by atoms with Crippen LogP contribution in [-0.2, 0) is 4.79 Å². The molecule has 0 heterocycles. The van der Waals surface area contributed by atoms with E-state index in [1.54, 1.807) is 6.08 Å². The summed E-state index contributed by atoms with van der Waals surface area (Å²) in [5.74, 6) is -0.348. The number of benzene rings is 1. The fraction of sp³-hybridized carbons (Fsp3) is 0.0909. The molecule has 76 valence electrons. The fourth-order valence-electron chi connectivity index (χ4n) is 1.06. The molecule has 1 amide bonds. The van der Waals surface area contributed by atoms with Crippen molar-refractivity contribution >= 4 is 35.0 Å². The van der Waals surface area contributed by atoms with E-state index in [4.69, 9.17) is 5.73 Å². The Hall–Kier alpha value is -1.77. The number of nitrogens with two attached hydrogens (primary N) is 1. The third-order valence-electron chi connectivity index (χ3n) is 1.67. The van der Waals surface area contributed by atoms with Crippen molar-refractivity contribution in [1.82, 2.24) is 0 Å². The number of thiocarbonyl (C=S) groups is 1. The number of aliphatic imine (C=N–C) groups is 1. The molecule has 2 N–H and O–H groups in total. The van der Waals surface area contributed by atoms with Crippen LogP contribution in [0.2, 0.25) is 0 Å². The lowest BCUT2D eigenvalue weighted by Crippen LogP contribution is -2.07. The summed E-state index contributed by atoms with van der Waals surface area (Å²) in [6.07, 6.45) is 3.76. The van der Waals surface area contributed by atoms with Gasteiger partial charge in [-0.25, -0.2) is 0 Å². The lowest BCUT2D eigenvalue weighted by molar-refractivity contribution is -0.117. The van der Waals surface area contributed by atoms with E-state index < -0.39 is 0 Å². The van der Waals surface area contributed by atoms with Gasteiger partial charge in [0.1, 0.15) is 0 Å². The standard InChI is InChI=1S/C11H10N2OS/c12-11(14)6-2-4-9-3-1-5-10(7-9)13-8-15/h1-5,7H,6H2,(H2,12,14). The van der Waals surface area contributed by atoms with Crippen LogP contribution >= 0.6 is 12.2 Å². The van der Waals surface area contributed by atoms with Gasteiger partial charge in [-0.1, -0.05) is 24.3 Å². The summed E-state index contributed by atoms with van der Waals surface area (Å²) >= 11 is 4.50. The zero-order chi connectivity index (χ0) is 11.1. The van der Waals surface area contributed by atoms with Gasteiger partial charge in [-0.15, -0.1) is 0 Å². The number of rotatable bonds is 4. The van der Waals surface area contributed by atoms with Crippen molar-refractivity contribution in [2.45, 2.75) is 6.42 Å². The van der Waals surface area contributed by atoms with Crippen molar-refractivity contribution in [1.29, 1.82) is 0 Å². The first-order valence-corrected chi connectivity index (χ1v) is 4.76. The SMILES string of the molecule is NC(=O)CC=Cc1cccc(N=C=S)c1. The molecule has 0 aromatic heterocycles. The third kappa shape index (κ3) is 4.31. The predicted molar refractivity (Wildman–Crippen MR) is 64.0 cm³/mol. The number of carbonyl (C=O) groups excluding carboxylic acids is 1. The lowest BCUT2D eigenvalue weighted by atomic mass is 10.2. The monoisotopic (exact) mass is 218 g/mol. The van der Waals surface area contributed by atoms with Gasteiger partial charge in [-0.05, 0) is 29.9 Å². The molecule has 0 bridgehead atoms. The highest BCUT2D eigenvalue weighted by atomic mass is 32.1. The van der Waals surface area contributed by atoms with Gasteiger partial charge in [0, 0.05) is 6.42 Å². The maximum atomic E-state index is 10.5. The summed E-state index contributed by atoms with van der Waals surface area (Å²) in [5, 5.41) is 2.30. The maximum Gasteiger partial charge on any atom is 0.221 e. The second-order valence-electron chi connectivity index (χ2n) is 2.87. The molecule has 1 rings (SSSR count). The van der Waals surface area contributed by atoms with Gasteiger partial charge in [0.05, 0.1) is 10.8 Å². The van der Waals surface area contributed by atoms with Crippen LogP contribution in [0.15, 0.2) is 35.3 Å². The molecule has 0 aliphatic rings. The average Bonchev–Trinajstić information content (AvgIpc) is 2.18. The van der Waals surface area contributed by atoms with Gasteiger partial charge in [0.15, 0.2) is 0 Å². The lowest BCUT2D eigenvalue weighted by Gasteiger charge is -1.94. The van der Waals surface area contributed by atoms with E-state index in [0.29, 0.717) is 0 Å². The minimum absolute atomic E-state index is 0.237. The molecule has 1 aromatic rings. The first-order valence-electron chi connectivity index (χ1n) is 4.35. The second kappa shape index (κ2) is 5.86. The van der Waals surface area contributed by atoms with Crippen LogP contribution in [-0.4, -0.2) is 11.1 Å². The summed E-state index contributed by atoms with van der Waals surface area (Å²) < 4.78 is 0. The summed E-state index contributed by atoms with van der Waals surface area (Å²) in [4.78, 5) is 14.3. The fourth-order valence-corrected chi connectivity index (χ4v) is 1.17. The van der Waals surface area contributed by atoms with Crippen molar-refractivity contribution in [3.05, 3.63) is 35.9 Å². The Balaban J connectivity index is 2.77. The largest absolute Gasteiger partial charge is 0.369 e. The van der Waals surface area contributed by atoms with Gasteiger partial charge < -0.3 is 5.73 Å². The molecule has 4 heteroatoms. The van der Waals surface area contributed by atoms with Crippen LogP contribution in [0.4, 0.5) is 5.69 Å². The molecule has 15 heavy (non-hydrogen) atoms. The molecule has 1 aromatic carbocycles. The maximum absolute atomic E-state index is 10.5. The van der Waals surface area contributed by atoms with Gasteiger partial charge in [0.2, 0.25) is 5.91 Å². The van der Waals surface area contributed by atoms with Crippen LogP contribution < -0.4 is 5.73 Å². The molecule has 0 saturated carbocycles. The number of carbonyl (C=O) groups is 1. The topological polar surface area (TPSA) is 55.5 Å². The van der Waals surface area contributed by atoms with Crippen molar-refractivity contribution in [3.63, 3.8) is 0 Å². The average molecular weight is 218 g/mol. The number of isothiocyanates is 1. The normalized spacial score (nSPS) is 9.87. The van der Waals surface area contributed by atoms with Crippen molar-refractivity contribution in [2.75, 3.05) is 0 Å². The van der Waals surface area contributed by atoms with Crippen LogP contribution in [0.5, 0.6) is 0 Å². The van der Waals surface area contributed by atoms with Gasteiger partial charge in [0.25, 0.3) is 0 Å². The van der Waals surface area contributed by atoms with E-state index in [1.165, 1.54) is 0 Å². The second-order valence-corrected chi connectivity index (χ2v) is 3.05. The quantitative estimate of drug-likeness (QED) is 0.622. The van der Waals surface area contributed by atoms with E-state index in [9.17, 15) is 4.79 Å². The zero-order valence-corrected chi connectivity index (χ0v) is 8.83. The van der Waals surface area contributed by atoms with E-state index in [-0.39, 0.29) is 12.3 Å². The third-order valence-corrected chi connectivity index (χ3v) is 1.77. The van der Waals surface area contributed by atoms with Gasteiger partial charge >= 0.3 is 0 Å². The highest BCUT2D eigenvalue weighted by Gasteiger charge is 1.91. The minimum Gasteiger partial charge on any atom is -0.369 e. The molecular weight excluding hydrogens is 208 g/mol. The molecule has 0 fully saturated rings. The molecule has 0 atom stereocenters. The van der Waals surface area contributed by atoms with Crippen LogP contribution in [0, 0.1) is 0 Å². The van der Waals surface area contributed by atoms with E-state index in [2.05, 4.69) is 22.4 Å². The summed E-state index contributed by atoms with van der Waals surface area (Å²) in [6, 6.07) is 7.43. The Bertz CT molecular complexity index is 434. The first kappa shape index (κ1) is 11.3. The number of hydrogen-bond donors (Lipinski definition) is 1. The van der Waals surface area contributed by atoms with Crippen LogP contribution in [0.25, 0.3) is 6.08 Å². The zero-order valence-electron chi connectivity index (χ0n) is 8.01. The summed E-state index contributed by atoms with van der Waals surface area (Å²) in [7, 11) is 0. The Morgan fingerprint density at radius 3 is 3.07 bits per heavy atom. The Morgan fingerprint density at radius 1 is 1.60 bits per heavy atom. The van der Waals surface area contributed by atoms with E-state index in [1.807, 2.05) is 30.3 Å². The number of amides is 1. The van der Waals surface area contributed by atoms with E-state index in [0.717, 1.165) is 11.3 Å². The molecular formula is C11H10N2OS.